The molecule has 4 amide bonds. The summed E-state index contributed by atoms with van der Waals surface area (Å²) in [6, 6.07) is 31.1. The number of piperidine rings is 1. The van der Waals surface area contributed by atoms with Crippen molar-refractivity contribution < 1.29 is 42.2 Å². The van der Waals surface area contributed by atoms with Crippen LogP contribution in [0.3, 0.4) is 0 Å². The van der Waals surface area contributed by atoms with Crippen LogP contribution < -0.4 is 10.2 Å². The molecule has 16 heteroatoms. The van der Waals surface area contributed by atoms with E-state index in [9.17, 15) is 27.9 Å². The average Bonchev–Trinajstić information content (AvgIpc) is 3.70. The Bertz CT molecular complexity index is 2790. The lowest BCUT2D eigenvalue weighted by atomic mass is 9.49. The third-order valence-corrected chi connectivity index (χ3v) is 14.9. The first kappa shape index (κ1) is 44.6. The summed E-state index contributed by atoms with van der Waals surface area (Å²) >= 11 is 12.8. The van der Waals surface area contributed by atoms with Gasteiger partial charge in [-0.3, -0.25) is 34.4 Å². The van der Waals surface area contributed by atoms with Crippen molar-refractivity contribution in [2.24, 2.45) is 23.7 Å². The maximum absolute atomic E-state index is 15.6. The number of carbonyl (C=O) groups is 4. The van der Waals surface area contributed by atoms with Gasteiger partial charge in [0.1, 0.15) is 18.1 Å². The summed E-state index contributed by atoms with van der Waals surface area (Å²) in [7, 11) is 0. The molecule has 0 unspecified atom stereocenters. The third kappa shape index (κ3) is 7.82. The second kappa shape index (κ2) is 17.5. The summed E-state index contributed by atoms with van der Waals surface area (Å²) in [5.74, 6) is -7.10. The van der Waals surface area contributed by atoms with Crippen molar-refractivity contribution in [3.05, 3.63) is 165 Å². The summed E-state index contributed by atoms with van der Waals surface area (Å²) in [4.78, 5) is 67.9. The fraction of sp³-hybridized carbons (Fsp3) is 0.314. The predicted octanol–water partition coefficient (Wildman–Crippen LogP) is 9.34. The molecule has 1 aromatic heterocycles. The van der Waals surface area contributed by atoms with Crippen LogP contribution in [-0.2, 0) is 43.9 Å². The van der Waals surface area contributed by atoms with Gasteiger partial charge in [0.05, 0.1) is 33.8 Å². The van der Waals surface area contributed by atoms with Crippen molar-refractivity contribution in [3.8, 4) is 11.5 Å². The number of anilines is 1. The predicted molar refractivity (Wildman–Crippen MR) is 242 cm³/mol. The molecule has 11 nitrogen and oxygen atoms in total. The number of ether oxygens (including phenoxy) is 1. The highest BCUT2D eigenvalue weighted by Gasteiger charge is 2.71. The van der Waals surface area contributed by atoms with Gasteiger partial charge in [-0.05, 0) is 72.6 Å². The minimum Gasteiger partial charge on any atom is -0.508 e. The molecule has 0 bridgehead atoms. The van der Waals surface area contributed by atoms with Gasteiger partial charge < -0.3 is 9.84 Å². The molecule has 67 heavy (non-hydrogen) atoms. The molecule has 6 atom stereocenters. The monoisotopic (exact) mass is 949 g/mol. The number of pyridine rings is 1. The molecule has 5 aromatic rings. The standard InChI is InChI=1S/C51H44Cl2F3N5O6/c52-33-13-11-31(12-14-33)50-40(47(64)61(49(50)66)58-45-41(53)23-32(26-57-45)51(54,55)56)25-39-36(44(50)37-16-15-35(24-42(37)62)67-28-30-9-5-2-6-10-30)17-18-38-43(39)48(65)60(46(38)63)34-19-21-59(22-20-34)27-29-7-3-1-4-8-29/h1-17,23-24,26,34,38-40,43-44,62H,18-22,25,27-28H2,(H,57,58)/t38-,39+,40-,43-,44+,50+/m0/s1. The van der Waals surface area contributed by atoms with Gasteiger partial charge in [-0.25, -0.2) is 4.98 Å². The average molecular weight is 951 g/mol. The van der Waals surface area contributed by atoms with E-state index < -0.39 is 63.6 Å². The van der Waals surface area contributed by atoms with Crippen molar-refractivity contribution in [1.29, 1.82) is 0 Å². The molecule has 2 aliphatic carbocycles. The summed E-state index contributed by atoms with van der Waals surface area (Å²) < 4.78 is 47.0. The molecular formula is C51H44Cl2F3N5O6. The number of allylic oxidation sites excluding steroid dienone is 2. The van der Waals surface area contributed by atoms with Gasteiger partial charge in [0.2, 0.25) is 11.8 Å². The number of aromatic nitrogens is 1. The number of rotatable bonds is 10. The molecule has 4 heterocycles. The first-order valence-electron chi connectivity index (χ1n) is 22.2. The molecule has 10 rings (SSSR count). The van der Waals surface area contributed by atoms with Crippen molar-refractivity contribution in [3.63, 3.8) is 0 Å². The van der Waals surface area contributed by atoms with Crippen molar-refractivity contribution in [2.75, 3.05) is 18.5 Å². The highest BCUT2D eigenvalue weighted by atomic mass is 35.5. The van der Waals surface area contributed by atoms with E-state index in [4.69, 9.17) is 27.9 Å². The summed E-state index contributed by atoms with van der Waals surface area (Å²) in [5, 5.41) is 12.7. The number of nitrogens with one attached hydrogen (secondary N) is 1. The number of imide groups is 2. The molecule has 1 saturated carbocycles. The molecule has 3 aliphatic heterocycles. The number of fused-ring (bicyclic) bond motifs is 4. The number of benzene rings is 4. The van der Waals surface area contributed by atoms with Gasteiger partial charge in [0, 0.05) is 54.4 Å². The molecule has 2 N–H and O–H groups in total. The minimum atomic E-state index is -4.77. The van der Waals surface area contributed by atoms with Gasteiger partial charge in [0.25, 0.3) is 11.8 Å². The smallest absolute Gasteiger partial charge is 0.417 e. The third-order valence-electron chi connectivity index (χ3n) is 14.3. The maximum atomic E-state index is 15.6. The van der Waals surface area contributed by atoms with Crippen LogP contribution in [-0.4, -0.2) is 67.7 Å². The second-order valence-electron chi connectivity index (χ2n) is 18.0. The Kier molecular flexibility index (Phi) is 11.6. The molecule has 5 aliphatic rings. The number of halogens is 5. The number of carbonyl (C=O) groups excluding carboxylic acids is 4. The quantitative estimate of drug-likeness (QED) is 0.104. The molecular weight excluding hydrogens is 906 g/mol. The Morgan fingerprint density at radius 1 is 0.821 bits per heavy atom. The number of phenolic OH excluding ortho intramolecular Hbond substituents is 1. The fourth-order valence-corrected chi connectivity index (χ4v) is 11.6. The van der Waals surface area contributed by atoms with Crippen LogP contribution >= 0.6 is 23.2 Å². The molecule has 0 radical (unpaired) electrons. The SMILES string of the molecule is O=C1[C@@H]2C[C@@H]3C(=CC[C@@H]4C(=O)N(C5CCN(Cc6ccccc6)CC5)C(=O)[C@@H]43)[C@H](c3ccc(OCc4ccccc4)cc3O)[C@]2(c2ccc(Cl)cc2)C(=O)N1Nc1ncc(C(F)(F)F)cc1Cl. The minimum absolute atomic E-state index is 0.0511. The molecule has 4 aromatic carbocycles. The molecule has 4 fully saturated rings. The van der Waals surface area contributed by atoms with E-state index in [1.165, 1.54) is 16.5 Å². The lowest BCUT2D eigenvalue weighted by molar-refractivity contribution is -0.144. The number of alkyl halides is 3. The van der Waals surface area contributed by atoms with Crippen LogP contribution in [0, 0.1) is 23.7 Å². The van der Waals surface area contributed by atoms with Crippen LogP contribution in [0.25, 0.3) is 0 Å². The van der Waals surface area contributed by atoms with E-state index in [1.54, 1.807) is 36.4 Å². The molecule has 0 spiro atoms. The van der Waals surface area contributed by atoms with Crippen molar-refractivity contribution in [1.82, 2.24) is 19.8 Å². The van der Waals surface area contributed by atoms with Gasteiger partial charge in [-0.1, -0.05) is 114 Å². The maximum Gasteiger partial charge on any atom is 0.417 e. The number of hydrogen-bond acceptors (Lipinski definition) is 9. The summed E-state index contributed by atoms with van der Waals surface area (Å²) in [5.41, 5.74) is 2.98. The van der Waals surface area contributed by atoms with E-state index in [0.29, 0.717) is 60.1 Å². The lowest BCUT2D eigenvalue weighted by Gasteiger charge is -2.50. The first-order valence-corrected chi connectivity index (χ1v) is 23.0. The number of hydrazine groups is 1. The largest absolute Gasteiger partial charge is 0.508 e. The zero-order valence-corrected chi connectivity index (χ0v) is 37.3. The van der Waals surface area contributed by atoms with Crippen LogP contribution in [0.4, 0.5) is 19.0 Å². The molecule has 3 saturated heterocycles. The van der Waals surface area contributed by atoms with Crippen molar-refractivity contribution in [2.45, 2.75) is 62.4 Å². The van der Waals surface area contributed by atoms with Crippen LogP contribution in [0.15, 0.2) is 127 Å². The Labute approximate surface area is 394 Å². The topological polar surface area (TPSA) is 132 Å². The van der Waals surface area contributed by atoms with E-state index in [2.05, 4.69) is 27.4 Å². The zero-order chi connectivity index (χ0) is 46.8. The Hall–Kier alpha value is -6.22. The number of nitrogens with zero attached hydrogens (tertiary/aromatic N) is 4. The number of phenols is 1. The van der Waals surface area contributed by atoms with E-state index in [0.717, 1.165) is 17.1 Å². The fourth-order valence-electron chi connectivity index (χ4n) is 11.3. The summed E-state index contributed by atoms with van der Waals surface area (Å²) in [6.45, 7) is 2.33. The lowest BCUT2D eigenvalue weighted by Crippen LogP contribution is -2.53. The van der Waals surface area contributed by atoms with Gasteiger partial charge >= 0.3 is 6.18 Å². The Morgan fingerprint density at radius 2 is 1.51 bits per heavy atom. The summed E-state index contributed by atoms with van der Waals surface area (Å²) in [6.07, 6.45) is -1.01. The normalized spacial score (nSPS) is 25.4. The Morgan fingerprint density at radius 3 is 2.16 bits per heavy atom. The van der Waals surface area contributed by atoms with Crippen LogP contribution in [0.1, 0.15) is 59.4 Å². The van der Waals surface area contributed by atoms with Crippen LogP contribution in [0.5, 0.6) is 11.5 Å². The van der Waals surface area contributed by atoms with Gasteiger partial charge in [0.15, 0.2) is 5.82 Å². The number of hydrogen-bond donors (Lipinski definition) is 2. The van der Waals surface area contributed by atoms with E-state index in [-0.39, 0.29) is 54.4 Å². The molecule has 344 valence electrons. The Balaban J connectivity index is 1.05. The highest BCUT2D eigenvalue weighted by molar-refractivity contribution is 6.33. The number of amides is 4. The van der Waals surface area contributed by atoms with Gasteiger partial charge in [-0.15, -0.1) is 0 Å². The number of likely N-dealkylation sites (tertiary alicyclic amines) is 2. The van der Waals surface area contributed by atoms with Crippen molar-refractivity contribution >= 4 is 52.6 Å². The zero-order valence-electron chi connectivity index (χ0n) is 35.8. The van der Waals surface area contributed by atoms with E-state index >= 15 is 9.59 Å². The van der Waals surface area contributed by atoms with Gasteiger partial charge in [-0.2, -0.15) is 18.2 Å². The highest BCUT2D eigenvalue weighted by Crippen LogP contribution is 2.65. The first-order chi connectivity index (χ1) is 32.2. The van der Waals surface area contributed by atoms with E-state index in [1.807, 2.05) is 54.6 Å². The van der Waals surface area contributed by atoms with Crippen LogP contribution in [0.2, 0.25) is 10.0 Å². The second-order valence-corrected chi connectivity index (χ2v) is 18.8. The number of aromatic hydroxyl groups is 1.